The number of hydrogen-bond acceptors (Lipinski definition) is 4. The van der Waals surface area contributed by atoms with E-state index in [1.54, 1.807) is 0 Å². The van der Waals surface area contributed by atoms with Crippen LogP contribution in [0.15, 0.2) is 36.5 Å². The van der Waals surface area contributed by atoms with Gasteiger partial charge in [-0.05, 0) is 5.56 Å². The number of hydrogen-bond donors (Lipinski definition) is 2. The van der Waals surface area contributed by atoms with E-state index in [1.165, 1.54) is 0 Å². The number of rotatable bonds is 6. The van der Waals surface area contributed by atoms with Crippen molar-refractivity contribution in [3.8, 4) is 0 Å². The van der Waals surface area contributed by atoms with Crippen LogP contribution in [0.25, 0.3) is 0 Å². The fraction of sp³-hybridized carbons (Fsp3) is 0.400. The zero-order valence-corrected chi connectivity index (χ0v) is 12.2. The molecule has 0 aliphatic rings. The van der Waals surface area contributed by atoms with Crippen molar-refractivity contribution in [3.63, 3.8) is 0 Å². The Labute approximate surface area is 119 Å². The van der Waals surface area contributed by atoms with Gasteiger partial charge in [0.25, 0.3) is 0 Å². The first-order valence-corrected chi connectivity index (χ1v) is 6.71. The molecule has 0 radical (unpaired) electrons. The Morgan fingerprint density at radius 3 is 2.60 bits per heavy atom. The topological polar surface area (TPSA) is 53.3 Å². The highest BCUT2D eigenvalue weighted by molar-refractivity contribution is 5.30. The molecule has 108 valence electrons. The SMILES string of the molecule is CN(C)c1ncc(CNCC(O)c2ccccc2)n1C. The van der Waals surface area contributed by atoms with Crippen LogP contribution < -0.4 is 10.2 Å². The van der Waals surface area contributed by atoms with E-state index in [9.17, 15) is 5.11 Å². The normalized spacial score (nSPS) is 12.4. The zero-order chi connectivity index (χ0) is 14.5. The van der Waals surface area contributed by atoms with E-state index in [-0.39, 0.29) is 0 Å². The van der Waals surface area contributed by atoms with Crippen LogP contribution in [0.4, 0.5) is 5.95 Å². The lowest BCUT2D eigenvalue weighted by atomic mass is 10.1. The van der Waals surface area contributed by atoms with Crippen molar-refractivity contribution in [2.45, 2.75) is 12.6 Å². The fourth-order valence-electron chi connectivity index (χ4n) is 2.14. The Morgan fingerprint density at radius 1 is 1.30 bits per heavy atom. The van der Waals surface area contributed by atoms with Crippen LogP contribution in [0.1, 0.15) is 17.4 Å². The minimum atomic E-state index is -0.488. The van der Waals surface area contributed by atoms with Crippen LogP contribution in [0.5, 0.6) is 0 Å². The molecule has 2 rings (SSSR count). The summed E-state index contributed by atoms with van der Waals surface area (Å²) in [5.74, 6) is 0.922. The van der Waals surface area contributed by atoms with E-state index >= 15 is 0 Å². The Morgan fingerprint density at radius 2 is 2.00 bits per heavy atom. The molecule has 1 aromatic carbocycles. The summed E-state index contributed by atoms with van der Waals surface area (Å²) in [6.07, 6.45) is 1.37. The second kappa shape index (κ2) is 6.54. The van der Waals surface area contributed by atoms with E-state index in [0.29, 0.717) is 13.1 Å². The van der Waals surface area contributed by atoms with Gasteiger partial charge < -0.3 is 19.9 Å². The quantitative estimate of drug-likeness (QED) is 0.834. The lowest BCUT2D eigenvalue weighted by molar-refractivity contribution is 0.174. The van der Waals surface area contributed by atoms with Gasteiger partial charge in [0.05, 0.1) is 18.0 Å². The second-order valence-corrected chi connectivity index (χ2v) is 5.06. The van der Waals surface area contributed by atoms with E-state index in [0.717, 1.165) is 17.2 Å². The largest absolute Gasteiger partial charge is 0.387 e. The smallest absolute Gasteiger partial charge is 0.204 e. The lowest BCUT2D eigenvalue weighted by Crippen LogP contribution is -2.22. The number of imidazole rings is 1. The molecule has 0 amide bonds. The number of benzene rings is 1. The summed E-state index contributed by atoms with van der Waals surface area (Å²) in [4.78, 5) is 6.33. The summed E-state index contributed by atoms with van der Waals surface area (Å²) >= 11 is 0. The molecule has 1 aromatic heterocycles. The summed E-state index contributed by atoms with van der Waals surface area (Å²) in [6, 6.07) is 9.68. The van der Waals surface area contributed by atoms with Crippen molar-refractivity contribution in [2.75, 3.05) is 25.5 Å². The van der Waals surface area contributed by atoms with Crippen LogP contribution in [0.3, 0.4) is 0 Å². The number of nitrogens with one attached hydrogen (secondary N) is 1. The Kier molecular flexibility index (Phi) is 4.76. The standard InChI is InChI=1S/C15H22N4O/c1-18(2)15-17-10-13(19(15)3)9-16-11-14(20)12-7-5-4-6-8-12/h4-8,10,14,16,20H,9,11H2,1-3H3. The Balaban J connectivity index is 1.87. The molecule has 2 N–H and O–H groups in total. The summed E-state index contributed by atoms with van der Waals surface area (Å²) < 4.78 is 2.04. The molecule has 5 nitrogen and oxygen atoms in total. The van der Waals surface area contributed by atoms with Crippen LogP contribution in [0.2, 0.25) is 0 Å². The highest BCUT2D eigenvalue weighted by atomic mass is 16.3. The molecule has 0 aliphatic heterocycles. The van der Waals surface area contributed by atoms with Crippen molar-refractivity contribution >= 4 is 5.95 Å². The molecule has 1 unspecified atom stereocenters. The molecule has 0 bridgehead atoms. The molecule has 0 spiro atoms. The molecule has 1 heterocycles. The minimum absolute atomic E-state index is 0.488. The first kappa shape index (κ1) is 14.6. The Hall–Kier alpha value is -1.85. The number of anilines is 1. The summed E-state index contributed by atoms with van der Waals surface area (Å²) in [5, 5.41) is 13.3. The van der Waals surface area contributed by atoms with Gasteiger partial charge in [0.1, 0.15) is 0 Å². The van der Waals surface area contributed by atoms with Crippen molar-refractivity contribution in [1.82, 2.24) is 14.9 Å². The average Bonchev–Trinajstić information content (AvgIpc) is 2.81. The molecular weight excluding hydrogens is 252 g/mol. The van der Waals surface area contributed by atoms with Crippen LogP contribution in [-0.4, -0.2) is 35.3 Å². The molecule has 0 aliphatic carbocycles. The highest BCUT2D eigenvalue weighted by Gasteiger charge is 2.09. The van der Waals surface area contributed by atoms with Gasteiger partial charge >= 0.3 is 0 Å². The maximum Gasteiger partial charge on any atom is 0.204 e. The number of aliphatic hydroxyl groups excluding tert-OH is 1. The molecule has 5 heteroatoms. The first-order valence-electron chi connectivity index (χ1n) is 6.71. The fourth-order valence-corrected chi connectivity index (χ4v) is 2.14. The third kappa shape index (κ3) is 3.37. The number of aromatic nitrogens is 2. The predicted octanol–water partition coefficient (Wildman–Crippen LogP) is 1.31. The van der Waals surface area contributed by atoms with Gasteiger partial charge in [0.2, 0.25) is 5.95 Å². The second-order valence-electron chi connectivity index (χ2n) is 5.06. The zero-order valence-electron chi connectivity index (χ0n) is 12.2. The van der Waals surface area contributed by atoms with E-state index in [1.807, 2.05) is 67.1 Å². The summed E-state index contributed by atoms with van der Waals surface area (Å²) in [6.45, 7) is 1.20. The third-order valence-electron chi connectivity index (χ3n) is 3.29. The van der Waals surface area contributed by atoms with Crippen molar-refractivity contribution in [2.24, 2.45) is 7.05 Å². The van der Waals surface area contributed by atoms with Crippen LogP contribution in [0, 0.1) is 0 Å². The average molecular weight is 274 g/mol. The number of aliphatic hydroxyl groups is 1. The van der Waals surface area contributed by atoms with Crippen molar-refractivity contribution in [1.29, 1.82) is 0 Å². The van der Waals surface area contributed by atoms with Crippen LogP contribution >= 0.6 is 0 Å². The van der Waals surface area contributed by atoms with Crippen LogP contribution in [-0.2, 0) is 13.6 Å². The van der Waals surface area contributed by atoms with E-state index in [4.69, 9.17) is 0 Å². The van der Waals surface area contributed by atoms with E-state index in [2.05, 4.69) is 10.3 Å². The van der Waals surface area contributed by atoms with Gasteiger partial charge in [-0.3, -0.25) is 0 Å². The number of nitrogens with zero attached hydrogens (tertiary/aromatic N) is 3. The van der Waals surface area contributed by atoms with Crippen molar-refractivity contribution in [3.05, 3.63) is 47.8 Å². The first-order chi connectivity index (χ1) is 9.59. The van der Waals surface area contributed by atoms with Gasteiger partial charge in [-0.25, -0.2) is 4.98 Å². The summed E-state index contributed by atoms with van der Waals surface area (Å²) in [7, 11) is 5.93. The Bertz CT molecular complexity index is 536. The van der Waals surface area contributed by atoms with Gasteiger partial charge in [-0.15, -0.1) is 0 Å². The van der Waals surface area contributed by atoms with Gasteiger partial charge in [-0.2, -0.15) is 0 Å². The molecular formula is C15H22N4O. The maximum atomic E-state index is 10.1. The summed E-state index contributed by atoms with van der Waals surface area (Å²) in [5.41, 5.74) is 2.02. The lowest BCUT2D eigenvalue weighted by Gasteiger charge is -2.14. The molecule has 1 atom stereocenters. The molecule has 0 saturated carbocycles. The third-order valence-corrected chi connectivity index (χ3v) is 3.29. The maximum absolute atomic E-state index is 10.1. The predicted molar refractivity (Wildman–Crippen MR) is 80.6 cm³/mol. The molecule has 0 saturated heterocycles. The van der Waals surface area contributed by atoms with Gasteiger partial charge in [0.15, 0.2) is 0 Å². The molecule has 20 heavy (non-hydrogen) atoms. The molecule has 0 fully saturated rings. The molecule has 2 aromatic rings. The van der Waals surface area contributed by atoms with E-state index < -0.39 is 6.10 Å². The van der Waals surface area contributed by atoms with Crippen molar-refractivity contribution < 1.29 is 5.11 Å². The highest BCUT2D eigenvalue weighted by Crippen LogP contribution is 2.12. The minimum Gasteiger partial charge on any atom is -0.387 e. The monoisotopic (exact) mass is 274 g/mol. The van der Waals surface area contributed by atoms with Gasteiger partial charge in [-0.1, -0.05) is 30.3 Å². The van der Waals surface area contributed by atoms with Gasteiger partial charge in [0, 0.05) is 34.2 Å².